The maximum absolute atomic E-state index is 12.8. The second-order valence-corrected chi connectivity index (χ2v) is 6.76. The van der Waals surface area contributed by atoms with Crippen LogP contribution in [0.4, 0.5) is 5.82 Å². The van der Waals surface area contributed by atoms with E-state index in [4.69, 9.17) is 15.7 Å². The standard InChI is InChI=1S/C22H23N5O/c1-3-13-24-22(28)18-19-21(26-17-8-6-5-7-16(17)25-19)27(20(18)23)15-11-9-14(4-2)10-12-15/h5-12H,3-4,13,23H2,1-2H3,(H,24,28). The fraction of sp³-hybridized carbons (Fsp3) is 0.227. The number of nitrogens with two attached hydrogens (primary N) is 1. The van der Waals surface area contributed by atoms with Gasteiger partial charge in [0.25, 0.3) is 5.91 Å². The van der Waals surface area contributed by atoms with Crippen LogP contribution in [0.15, 0.2) is 48.5 Å². The van der Waals surface area contributed by atoms with E-state index >= 15 is 0 Å². The van der Waals surface area contributed by atoms with Crippen molar-refractivity contribution in [3.05, 3.63) is 59.7 Å². The Morgan fingerprint density at radius 3 is 2.36 bits per heavy atom. The van der Waals surface area contributed by atoms with Gasteiger partial charge < -0.3 is 11.1 Å². The van der Waals surface area contributed by atoms with Gasteiger partial charge in [0.1, 0.15) is 16.9 Å². The maximum Gasteiger partial charge on any atom is 0.257 e. The Balaban J connectivity index is 2.00. The minimum absolute atomic E-state index is 0.224. The quantitative estimate of drug-likeness (QED) is 0.556. The maximum atomic E-state index is 12.8. The molecule has 0 aliphatic carbocycles. The minimum Gasteiger partial charge on any atom is -0.384 e. The van der Waals surface area contributed by atoms with Crippen LogP contribution >= 0.6 is 0 Å². The second-order valence-electron chi connectivity index (χ2n) is 6.76. The first-order valence-electron chi connectivity index (χ1n) is 9.58. The molecule has 6 heteroatoms. The molecular formula is C22H23N5O. The molecule has 0 atom stereocenters. The summed E-state index contributed by atoms with van der Waals surface area (Å²) in [4.78, 5) is 22.4. The molecule has 3 N–H and O–H groups in total. The number of aromatic nitrogens is 3. The Labute approximate surface area is 163 Å². The summed E-state index contributed by atoms with van der Waals surface area (Å²) in [5.74, 6) is 0.126. The van der Waals surface area contributed by atoms with Gasteiger partial charge in [-0.05, 0) is 42.7 Å². The lowest BCUT2D eigenvalue weighted by Crippen LogP contribution is -2.25. The van der Waals surface area contributed by atoms with E-state index in [0.717, 1.165) is 29.6 Å². The molecule has 6 nitrogen and oxygen atoms in total. The van der Waals surface area contributed by atoms with Crippen molar-refractivity contribution in [1.29, 1.82) is 0 Å². The predicted octanol–water partition coefficient (Wildman–Crippen LogP) is 3.86. The first kappa shape index (κ1) is 18.0. The van der Waals surface area contributed by atoms with Crippen LogP contribution < -0.4 is 11.1 Å². The summed E-state index contributed by atoms with van der Waals surface area (Å²) in [5, 5.41) is 2.91. The van der Waals surface area contributed by atoms with Crippen LogP contribution in [0.1, 0.15) is 36.2 Å². The highest BCUT2D eigenvalue weighted by Gasteiger charge is 2.24. The number of benzene rings is 2. The van der Waals surface area contributed by atoms with Gasteiger partial charge in [-0.2, -0.15) is 0 Å². The van der Waals surface area contributed by atoms with E-state index in [-0.39, 0.29) is 5.91 Å². The smallest absolute Gasteiger partial charge is 0.257 e. The Morgan fingerprint density at radius 1 is 1.04 bits per heavy atom. The number of fused-ring (bicyclic) bond motifs is 2. The largest absolute Gasteiger partial charge is 0.384 e. The summed E-state index contributed by atoms with van der Waals surface area (Å²) in [7, 11) is 0. The number of para-hydroxylation sites is 2. The van der Waals surface area contributed by atoms with E-state index in [9.17, 15) is 4.79 Å². The zero-order valence-electron chi connectivity index (χ0n) is 16.1. The van der Waals surface area contributed by atoms with Crippen molar-refractivity contribution >= 4 is 33.9 Å². The molecule has 28 heavy (non-hydrogen) atoms. The van der Waals surface area contributed by atoms with E-state index < -0.39 is 0 Å². The van der Waals surface area contributed by atoms with Crippen LogP contribution in [0, 0.1) is 0 Å². The Bertz CT molecular complexity index is 1160. The number of carbonyl (C=O) groups is 1. The van der Waals surface area contributed by atoms with Gasteiger partial charge in [0.15, 0.2) is 5.65 Å². The molecule has 2 aromatic carbocycles. The SMILES string of the molecule is CCCNC(=O)c1c(N)n(-c2ccc(CC)cc2)c2nc3ccccc3nc12. The summed E-state index contributed by atoms with van der Waals surface area (Å²) in [6.07, 6.45) is 1.80. The Morgan fingerprint density at radius 2 is 1.71 bits per heavy atom. The van der Waals surface area contributed by atoms with Gasteiger partial charge in [-0.1, -0.05) is 38.1 Å². The van der Waals surface area contributed by atoms with Crippen LogP contribution in [0.5, 0.6) is 0 Å². The molecule has 0 fully saturated rings. The summed E-state index contributed by atoms with van der Waals surface area (Å²) in [6, 6.07) is 15.7. The normalized spacial score (nSPS) is 11.2. The van der Waals surface area contributed by atoms with Crippen LogP contribution in [0.2, 0.25) is 0 Å². The third-order valence-corrected chi connectivity index (χ3v) is 4.86. The molecule has 0 radical (unpaired) electrons. The van der Waals surface area contributed by atoms with E-state index in [1.807, 2.05) is 47.9 Å². The first-order chi connectivity index (χ1) is 13.6. The summed E-state index contributed by atoms with van der Waals surface area (Å²) in [6.45, 7) is 4.70. The number of carbonyl (C=O) groups excluding carboxylic acids is 1. The fourth-order valence-corrected chi connectivity index (χ4v) is 3.35. The number of nitrogens with one attached hydrogen (secondary N) is 1. The lowest BCUT2D eigenvalue weighted by molar-refractivity contribution is 0.0956. The van der Waals surface area contributed by atoms with Crippen LogP contribution in [0.25, 0.3) is 27.9 Å². The van der Waals surface area contributed by atoms with Crippen molar-refractivity contribution in [2.24, 2.45) is 0 Å². The number of aryl methyl sites for hydroxylation is 1. The molecule has 2 aromatic heterocycles. The average Bonchev–Trinajstić information content (AvgIpc) is 3.01. The molecule has 4 aromatic rings. The van der Waals surface area contributed by atoms with E-state index in [1.54, 1.807) is 0 Å². The highest BCUT2D eigenvalue weighted by molar-refractivity contribution is 6.11. The number of hydrogen-bond donors (Lipinski definition) is 2. The summed E-state index contributed by atoms with van der Waals surface area (Å²) < 4.78 is 1.81. The number of amides is 1. The third kappa shape index (κ3) is 2.97. The van der Waals surface area contributed by atoms with Crippen molar-refractivity contribution < 1.29 is 4.79 Å². The van der Waals surface area contributed by atoms with E-state index in [0.29, 0.717) is 29.1 Å². The topological polar surface area (TPSA) is 85.8 Å². The summed E-state index contributed by atoms with van der Waals surface area (Å²) in [5.41, 5.74) is 11.5. The van der Waals surface area contributed by atoms with Crippen molar-refractivity contribution in [2.75, 3.05) is 12.3 Å². The summed E-state index contributed by atoms with van der Waals surface area (Å²) >= 11 is 0. The molecule has 0 bridgehead atoms. The molecule has 0 saturated carbocycles. The molecule has 0 unspecified atom stereocenters. The second kappa shape index (κ2) is 7.31. The zero-order valence-corrected chi connectivity index (χ0v) is 16.1. The van der Waals surface area contributed by atoms with E-state index in [1.165, 1.54) is 5.56 Å². The van der Waals surface area contributed by atoms with Crippen molar-refractivity contribution in [3.63, 3.8) is 0 Å². The minimum atomic E-state index is -0.224. The molecule has 0 spiro atoms. The lowest BCUT2D eigenvalue weighted by atomic mass is 10.1. The van der Waals surface area contributed by atoms with Gasteiger partial charge in [-0.3, -0.25) is 9.36 Å². The third-order valence-electron chi connectivity index (χ3n) is 4.86. The molecule has 0 aliphatic rings. The zero-order chi connectivity index (χ0) is 19.7. The number of hydrogen-bond acceptors (Lipinski definition) is 4. The van der Waals surface area contributed by atoms with Gasteiger partial charge in [0.2, 0.25) is 0 Å². The first-order valence-corrected chi connectivity index (χ1v) is 9.58. The van der Waals surface area contributed by atoms with Gasteiger partial charge >= 0.3 is 0 Å². The molecule has 0 aliphatic heterocycles. The number of nitrogen functional groups attached to an aromatic ring is 1. The molecule has 2 heterocycles. The van der Waals surface area contributed by atoms with Gasteiger partial charge in [-0.15, -0.1) is 0 Å². The van der Waals surface area contributed by atoms with Crippen LogP contribution in [0.3, 0.4) is 0 Å². The fourth-order valence-electron chi connectivity index (χ4n) is 3.35. The monoisotopic (exact) mass is 373 g/mol. The van der Waals surface area contributed by atoms with Crippen LogP contribution in [-0.4, -0.2) is 27.0 Å². The number of nitrogens with zero attached hydrogens (tertiary/aromatic N) is 3. The van der Waals surface area contributed by atoms with Gasteiger partial charge in [0, 0.05) is 12.2 Å². The highest BCUT2D eigenvalue weighted by Crippen LogP contribution is 2.31. The van der Waals surface area contributed by atoms with Crippen molar-refractivity contribution in [1.82, 2.24) is 19.9 Å². The van der Waals surface area contributed by atoms with Gasteiger partial charge in [-0.25, -0.2) is 9.97 Å². The van der Waals surface area contributed by atoms with Gasteiger partial charge in [0.05, 0.1) is 11.0 Å². The molecule has 142 valence electrons. The van der Waals surface area contributed by atoms with Crippen molar-refractivity contribution in [2.45, 2.75) is 26.7 Å². The van der Waals surface area contributed by atoms with Crippen LogP contribution in [-0.2, 0) is 6.42 Å². The molecule has 0 saturated heterocycles. The number of rotatable bonds is 5. The highest BCUT2D eigenvalue weighted by atomic mass is 16.1. The molecular weight excluding hydrogens is 350 g/mol. The Hall–Kier alpha value is -3.41. The van der Waals surface area contributed by atoms with E-state index in [2.05, 4.69) is 24.4 Å². The van der Waals surface area contributed by atoms with Crippen molar-refractivity contribution in [3.8, 4) is 5.69 Å². The number of anilines is 1. The Kier molecular flexibility index (Phi) is 4.69. The predicted molar refractivity (Wildman–Crippen MR) is 113 cm³/mol. The lowest BCUT2D eigenvalue weighted by Gasteiger charge is -2.09. The molecule has 1 amide bonds. The molecule has 4 rings (SSSR count). The average molecular weight is 373 g/mol.